The van der Waals surface area contributed by atoms with Gasteiger partial charge in [-0.1, -0.05) is 0 Å². The van der Waals surface area contributed by atoms with Crippen LogP contribution in [0.3, 0.4) is 0 Å². The Morgan fingerprint density at radius 2 is 1.89 bits per heavy atom. The molecule has 0 saturated carbocycles. The molecule has 0 aromatic heterocycles. The maximum absolute atomic E-state index is 11.6. The van der Waals surface area contributed by atoms with E-state index < -0.39 is 11.9 Å². The first-order chi connectivity index (χ1) is 9.13. The third-order valence-corrected chi connectivity index (χ3v) is 2.17. The number of ether oxygens (including phenoxy) is 2. The number of methoxy groups -OCH3 is 1. The average Bonchev–Trinajstić information content (AvgIpc) is 2.39. The van der Waals surface area contributed by atoms with Crippen LogP contribution in [0.4, 0.5) is 10.5 Å². The van der Waals surface area contributed by atoms with Gasteiger partial charge in [0.1, 0.15) is 6.73 Å². The molecule has 7 nitrogen and oxygen atoms in total. The lowest BCUT2D eigenvalue weighted by Crippen LogP contribution is -2.40. The summed E-state index contributed by atoms with van der Waals surface area (Å²) in [5.74, 6) is -0.505. The molecule has 0 heterocycles. The van der Waals surface area contributed by atoms with Gasteiger partial charge in [-0.25, -0.2) is 4.79 Å². The van der Waals surface area contributed by atoms with Crippen molar-refractivity contribution in [3.63, 3.8) is 0 Å². The normalized spacial score (nSPS) is 9.95. The number of hydrogen-bond donors (Lipinski definition) is 3. The number of hydrogen-bond acceptors (Lipinski definition) is 5. The predicted molar refractivity (Wildman–Crippen MR) is 69.5 cm³/mol. The van der Waals surface area contributed by atoms with Crippen molar-refractivity contribution in [1.82, 2.24) is 10.6 Å². The lowest BCUT2D eigenvalue weighted by Gasteiger charge is -2.07. The molecular weight excluding hydrogens is 250 g/mol. The molecule has 1 aromatic carbocycles. The number of amides is 3. The maximum Gasteiger partial charge on any atom is 0.323 e. The predicted octanol–water partition coefficient (Wildman–Crippen LogP) is 0.329. The zero-order valence-corrected chi connectivity index (χ0v) is 10.6. The molecule has 4 N–H and O–H groups in total. The van der Waals surface area contributed by atoms with Crippen molar-refractivity contribution in [3.8, 4) is 0 Å². The molecule has 0 bridgehead atoms. The molecule has 104 valence electrons. The SMILES string of the molecule is COCCOCNC(=O)NC(=O)c1ccc(N)cc1. The van der Waals surface area contributed by atoms with Gasteiger partial charge in [0, 0.05) is 18.4 Å². The summed E-state index contributed by atoms with van der Waals surface area (Å²) in [6.07, 6.45) is 0. The van der Waals surface area contributed by atoms with E-state index in [-0.39, 0.29) is 6.73 Å². The van der Waals surface area contributed by atoms with Crippen LogP contribution < -0.4 is 16.4 Å². The van der Waals surface area contributed by atoms with Gasteiger partial charge in [0.05, 0.1) is 13.2 Å². The minimum Gasteiger partial charge on any atom is -0.399 e. The average molecular weight is 267 g/mol. The van der Waals surface area contributed by atoms with E-state index in [1.54, 1.807) is 19.2 Å². The van der Waals surface area contributed by atoms with E-state index in [1.807, 2.05) is 0 Å². The van der Waals surface area contributed by atoms with Gasteiger partial charge in [0.2, 0.25) is 0 Å². The molecule has 0 radical (unpaired) electrons. The van der Waals surface area contributed by atoms with E-state index in [0.717, 1.165) is 0 Å². The molecule has 0 atom stereocenters. The lowest BCUT2D eigenvalue weighted by atomic mass is 10.2. The van der Waals surface area contributed by atoms with E-state index in [4.69, 9.17) is 15.2 Å². The molecule has 7 heteroatoms. The molecule has 0 fully saturated rings. The smallest absolute Gasteiger partial charge is 0.323 e. The highest BCUT2D eigenvalue weighted by molar-refractivity contribution is 6.04. The number of nitrogens with two attached hydrogens (primary N) is 1. The molecule has 3 amide bonds. The first-order valence-corrected chi connectivity index (χ1v) is 5.65. The number of nitrogen functional groups attached to an aromatic ring is 1. The Bertz CT molecular complexity index is 419. The Hall–Kier alpha value is -2.12. The molecule has 0 spiro atoms. The van der Waals surface area contributed by atoms with Crippen molar-refractivity contribution in [2.45, 2.75) is 0 Å². The van der Waals surface area contributed by atoms with Crippen LogP contribution in [0.2, 0.25) is 0 Å². The Kier molecular flexibility index (Phi) is 6.34. The van der Waals surface area contributed by atoms with E-state index in [1.165, 1.54) is 12.1 Å². The molecule has 1 aromatic rings. The van der Waals surface area contributed by atoms with Gasteiger partial charge in [-0.15, -0.1) is 0 Å². The standard InChI is InChI=1S/C12H17N3O4/c1-18-6-7-19-8-14-12(17)15-11(16)9-2-4-10(13)5-3-9/h2-5H,6-8,13H2,1H3,(H2,14,15,16,17). The van der Waals surface area contributed by atoms with Crippen LogP contribution in [0.25, 0.3) is 0 Å². The molecule has 1 rings (SSSR count). The minimum absolute atomic E-state index is 0.00418. The van der Waals surface area contributed by atoms with E-state index >= 15 is 0 Å². The number of carbonyl (C=O) groups excluding carboxylic acids is 2. The first-order valence-electron chi connectivity index (χ1n) is 5.65. The van der Waals surface area contributed by atoms with Crippen LogP contribution in [0.15, 0.2) is 24.3 Å². The van der Waals surface area contributed by atoms with Crippen LogP contribution in [0.1, 0.15) is 10.4 Å². The zero-order chi connectivity index (χ0) is 14.1. The number of carbonyl (C=O) groups is 2. The summed E-state index contributed by atoms with van der Waals surface area (Å²) in [4.78, 5) is 23.0. The maximum atomic E-state index is 11.6. The topological polar surface area (TPSA) is 103 Å². The van der Waals surface area contributed by atoms with Gasteiger partial charge in [-0.05, 0) is 24.3 Å². The quantitative estimate of drug-likeness (QED) is 0.391. The molecule has 19 heavy (non-hydrogen) atoms. The van der Waals surface area contributed by atoms with Crippen molar-refractivity contribution in [2.24, 2.45) is 0 Å². The number of anilines is 1. The first kappa shape index (κ1) is 14.9. The molecule has 0 unspecified atom stereocenters. The number of benzene rings is 1. The molecule has 0 saturated heterocycles. The minimum atomic E-state index is -0.626. The van der Waals surface area contributed by atoms with Crippen LogP contribution in [0, 0.1) is 0 Å². The molecule has 0 aliphatic rings. The summed E-state index contributed by atoms with van der Waals surface area (Å²) in [5.41, 5.74) is 6.40. The lowest BCUT2D eigenvalue weighted by molar-refractivity contribution is 0.0639. The highest BCUT2D eigenvalue weighted by Crippen LogP contribution is 2.04. The van der Waals surface area contributed by atoms with Crippen molar-refractivity contribution in [2.75, 3.05) is 32.8 Å². The van der Waals surface area contributed by atoms with Gasteiger partial charge in [-0.3, -0.25) is 10.1 Å². The van der Waals surface area contributed by atoms with Crippen LogP contribution in [-0.2, 0) is 9.47 Å². The van der Waals surface area contributed by atoms with Crippen molar-refractivity contribution in [1.29, 1.82) is 0 Å². The number of urea groups is 1. The van der Waals surface area contributed by atoms with Crippen LogP contribution >= 0.6 is 0 Å². The summed E-state index contributed by atoms with van der Waals surface area (Å²) in [5, 5.41) is 4.55. The van der Waals surface area contributed by atoms with Crippen LogP contribution in [0.5, 0.6) is 0 Å². The zero-order valence-electron chi connectivity index (χ0n) is 10.6. The summed E-state index contributed by atoms with van der Waals surface area (Å²) in [6, 6.07) is 5.61. The fourth-order valence-corrected chi connectivity index (χ4v) is 1.18. The number of imide groups is 1. The van der Waals surface area contributed by atoms with Crippen molar-refractivity contribution in [3.05, 3.63) is 29.8 Å². The third-order valence-electron chi connectivity index (χ3n) is 2.17. The summed E-state index contributed by atoms with van der Waals surface area (Å²) >= 11 is 0. The molecule has 0 aliphatic carbocycles. The second kappa shape index (κ2) is 8.06. The Balaban J connectivity index is 2.28. The largest absolute Gasteiger partial charge is 0.399 e. The number of nitrogens with one attached hydrogen (secondary N) is 2. The van der Waals surface area contributed by atoms with Gasteiger partial charge >= 0.3 is 6.03 Å². The monoisotopic (exact) mass is 267 g/mol. The second-order valence-electron chi connectivity index (χ2n) is 3.63. The second-order valence-corrected chi connectivity index (χ2v) is 3.63. The van der Waals surface area contributed by atoms with Crippen molar-refractivity contribution >= 4 is 17.6 Å². The fraction of sp³-hybridized carbons (Fsp3) is 0.333. The van der Waals surface area contributed by atoms with E-state index in [2.05, 4.69) is 10.6 Å². The summed E-state index contributed by atoms with van der Waals surface area (Å²) in [7, 11) is 1.55. The Labute approximate surface area is 111 Å². The van der Waals surface area contributed by atoms with Gasteiger partial charge in [-0.2, -0.15) is 0 Å². The summed E-state index contributed by atoms with van der Waals surface area (Å²) in [6.45, 7) is 0.806. The van der Waals surface area contributed by atoms with Gasteiger partial charge < -0.3 is 20.5 Å². The highest BCUT2D eigenvalue weighted by atomic mass is 16.5. The third kappa shape index (κ3) is 5.84. The van der Waals surface area contributed by atoms with E-state index in [9.17, 15) is 9.59 Å². The Morgan fingerprint density at radius 1 is 1.21 bits per heavy atom. The van der Waals surface area contributed by atoms with Gasteiger partial charge in [0.15, 0.2) is 0 Å². The van der Waals surface area contributed by atoms with Crippen molar-refractivity contribution < 1.29 is 19.1 Å². The molecular formula is C12H17N3O4. The summed E-state index contributed by atoms with van der Waals surface area (Å²) < 4.78 is 9.79. The Morgan fingerprint density at radius 3 is 2.53 bits per heavy atom. The number of rotatable bonds is 6. The molecule has 0 aliphatic heterocycles. The fourth-order valence-electron chi connectivity index (χ4n) is 1.18. The van der Waals surface area contributed by atoms with Crippen LogP contribution in [-0.4, -0.2) is 39.0 Å². The van der Waals surface area contributed by atoms with E-state index in [0.29, 0.717) is 24.5 Å². The van der Waals surface area contributed by atoms with Gasteiger partial charge in [0.25, 0.3) is 5.91 Å². The highest BCUT2D eigenvalue weighted by Gasteiger charge is 2.09.